The summed E-state index contributed by atoms with van der Waals surface area (Å²) in [5.74, 6) is 2.12. The van der Waals surface area contributed by atoms with Crippen molar-refractivity contribution in [3.63, 3.8) is 0 Å². The van der Waals surface area contributed by atoms with Crippen molar-refractivity contribution in [2.75, 3.05) is 26.2 Å². The predicted molar refractivity (Wildman–Crippen MR) is 83.2 cm³/mol. The number of nitrogens with zero attached hydrogens (tertiary/aromatic N) is 3. The van der Waals surface area contributed by atoms with Gasteiger partial charge in [0.25, 0.3) is 0 Å². The molecule has 2 atom stereocenters. The molecule has 1 aromatic heterocycles. The zero-order chi connectivity index (χ0) is 15.7. The molecule has 3 rings (SSSR count). The number of amides is 1. The molecular formula is C16H26N4O2. The molecule has 0 bridgehead atoms. The number of aryl methyl sites for hydroxylation is 2. The van der Waals surface area contributed by atoms with Crippen molar-refractivity contribution in [3.8, 4) is 0 Å². The molecule has 1 saturated carbocycles. The maximum absolute atomic E-state index is 12.5. The van der Waals surface area contributed by atoms with Crippen molar-refractivity contribution in [1.82, 2.24) is 14.8 Å². The Labute approximate surface area is 131 Å². The predicted octanol–water partition coefficient (Wildman–Crippen LogP) is 1.06. The van der Waals surface area contributed by atoms with Gasteiger partial charge in [0, 0.05) is 38.1 Å². The maximum Gasteiger partial charge on any atom is 0.225 e. The van der Waals surface area contributed by atoms with Crippen LogP contribution < -0.4 is 5.73 Å². The Morgan fingerprint density at radius 2 is 2.00 bits per heavy atom. The number of piperazine rings is 1. The largest absolute Gasteiger partial charge is 0.444 e. The van der Waals surface area contributed by atoms with E-state index in [1.54, 1.807) is 0 Å². The van der Waals surface area contributed by atoms with Gasteiger partial charge < -0.3 is 15.1 Å². The van der Waals surface area contributed by atoms with Crippen molar-refractivity contribution in [2.45, 2.75) is 45.7 Å². The van der Waals surface area contributed by atoms with Crippen LogP contribution in [0.2, 0.25) is 0 Å². The molecule has 6 heteroatoms. The van der Waals surface area contributed by atoms with E-state index in [2.05, 4.69) is 9.88 Å². The third-order valence-corrected chi connectivity index (χ3v) is 4.94. The molecule has 0 aromatic carbocycles. The number of hydrogen-bond donors (Lipinski definition) is 1. The summed E-state index contributed by atoms with van der Waals surface area (Å²) in [4.78, 5) is 21.2. The molecule has 2 unspecified atom stereocenters. The van der Waals surface area contributed by atoms with Gasteiger partial charge in [-0.2, -0.15) is 0 Å². The van der Waals surface area contributed by atoms with Gasteiger partial charge in [0.2, 0.25) is 11.8 Å². The average Bonchev–Trinajstić information content (AvgIpc) is 3.06. The Morgan fingerprint density at radius 3 is 2.55 bits per heavy atom. The molecule has 122 valence electrons. The van der Waals surface area contributed by atoms with Gasteiger partial charge in [-0.25, -0.2) is 4.98 Å². The summed E-state index contributed by atoms with van der Waals surface area (Å²) >= 11 is 0. The highest BCUT2D eigenvalue weighted by molar-refractivity contribution is 5.79. The van der Waals surface area contributed by atoms with Crippen LogP contribution in [0.3, 0.4) is 0 Å². The molecule has 0 radical (unpaired) electrons. The first-order valence-corrected chi connectivity index (χ1v) is 8.22. The second-order valence-corrected chi connectivity index (χ2v) is 6.62. The van der Waals surface area contributed by atoms with Crippen LogP contribution >= 0.6 is 0 Å². The Morgan fingerprint density at radius 1 is 1.27 bits per heavy atom. The minimum atomic E-state index is 0.151. The average molecular weight is 306 g/mol. The zero-order valence-corrected chi connectivity index (χ0v) is 13.5. The second-order valence-electron chi connectivity index (χ2n) is 6.62. The van der Waals surface area contributed by atoms with Crippen LogP contribution in [0.25, 0.3) is 0 Å². The number of rotatable bonds is 3. The molecule has 1 aromatic rings. The van der Waals surface area contributed by atoms with Gasteiger partial charge in [-0.1, -0.05) is 0 Å². The van der Waals surface area contributed by atoms with E-state index >= 15 is 0 Å². The van der Waals surface area contributed by atoms with Crippen molar-refractivity contribution >= 4 is 5.91 Å². The summed E-state index contributed by atoms with van der Waals surface area (Å²) in [6, 6.07) is 0.215. The molecular weight excluding hydrogens is 280 g/mol. The first-order chi connectivity index (χ1) is 10.5. The summed E-state index contributed by atoms with van der Waals surface area (Å²) in [5, 5.41) is 0. The lowest BCUT2D eigenvalue weighted by Gasteiger charge is -2.35. The van der Waals surface area contributed by atoms with Gasteiger partial charge in [-0.15, -0.1) is 0 Å². The topological polar surface area (TPSA) is 75.6 Å². The maximum atomic E-state index is 12.5. The van der Waals surface area contributed by atoms with Gasteiger partial charge in [-0.05, 0) is 33.1 Å². The van der Waals surface area contributed by atoms with E-state index < -0.39 is 0 Å². The Hall–Kier alpha value is -1.40. The van der Waals surface area contributed by atoms with Crippen LogP contribution in [0.1, 0.15) is 36.6 Å². The molecule has 6 nitrogen and oxygen atoms in total. The number of oxazole rings is 1. The molecule has 2 aliphatic rings. The third kappa shape index (κ3) is 3.33. The lowest BCUT2D eigenvalue weighted by Crippen LogP contribution is -2.49. The Bertz CT molecular complexity index is 515. The fourth-order valence-electron chi connectivity index (χ4n) is 3.42. The number of aromatic nitrogens is 1. The smallest absolute Gasteiger partial charge is 0.225 e. The quantitative estimate of drug-likeness (QED) is 0.904. The molecule has 1 aliphatic heterocycles. The van der Waals surface area contributed by atoms with Crippen LogP contribution in [0, 0.1) is 19.8 Å². The SMILES string of the molecule is Cc1nc(CN2CCN(C(=O)C3CCC(N)C3)CC2)oc1C. The molecule has 1 saturated heterocycles. The van der Waals surface area contributed by atoms with Crippen molar-refractivity contribution in [2.24, 2.45) is 11.7 Å². The van der Waals surface area contributed by atoms with Gasteiger partial charge >= 0.3 is 0 Å². The van der Waals surface area contributed by atoms with Gasteiger partial charge in [0.05, 0.1) is 12.2 Å². The highest BCUT2D eigenvalue weighted by atomic mass is 16.4. The van der Waals surface area contributed by atoms with Gasteiger partial charge in [-0.3, -0.25) is 9.69 Å². The molecule has 0 spiro atoms. The number of carbonyl (C=O) groups excluding carboxylic acids is 1. The Kier molecular flexibility index (Phi) is 4.49. The summed E-state index contributed by atoms with van der Waals surface area (Å²) in [6.07, 6.45) is 2.79. The second kappa shape index (κ2) is 6.38. The lowest BCUT2D eigenvalue weighted by atomic mass is 10.1. The lowest BCUT2D eigenvalue weighted by molar-refractivity contribution is -0.137. The van der Waals surface area contributed by atoms with E-state index in [4.69, 9.17) is 10.2 Å². The van der Waals surface area contributed by atoms with Crippen molar-refractivity contribution in [3.05, 3.63) is 17.3 Å². The molecule has 2 fully saturated rings. The summed E-state index contributed by atoms with van der Waals surface area (Å²) in [5.41, 5.74) is 6.88. The van der Waals surface area contributed by atoms with Crippen LogP contribution in [0.15, 0.2) is 4.42 Å². The zero-order valence-electron chi connectivity index (χ0n) is 13.5. The van der Waals surface area contributed by atoms with E-state index in [9.17, 15) is 4.79 Å². The van der Waals surface area contributed by atoms with Crippen LogP contribution in [-0.2, 0) is 11.3 Å². The van der Waals surface area contributed by atoms with Gasteiger partial charge in [0.1, 0.15) is 5.76 Å². The molecule has 22 heavy (non-hydrogen) atoms. The Balaban J connectivity index is 1.49. The number of carbonyl (C=O) groups is 1. The molecule has 2 N–H and O–H groups in total. The monoisotopic (exact) mass is 306 g/mol. The minimum absolute atomic E-state index is 0.151. The van der Waals surface area contributed by atoms with E-state index in [0.29, 0.717) is 5.91 Å². The van der Waals surface area contributed by atoms with E-state index in [0.717, 1.165) is 69.3 Å². The van der Waals surface area contributed by atoms with Gasteiger partial charge in [0.15, 0.2) is 0 Å². The third-order valence-electron chi connectivity index (χ3n) is 4.94. The van der Waals surface area contributed by atoms with Crippen LogP contribution in [0.5, 0.6) is 0 Å². The molecule has 1 amide bonds. The summed E-state index contributed by atoms with van der Waals surface area (Å²) in [6.45, 7) is 7.98. The number of nitrogens with two attached hydrogens (primary N) is 1. The highest BCUT2D eigenvalue weighted by Gasteiger charge is 2.32. The highest BCUT2D eigenvalue weighted by Crippen LogP contribution is 2.26. The van der Waals surface area contributed by atoms with E-state index in [1.807, 2.05) is 18.7 Å². The standard InChI is InChI=1S/C16H26N4O2/c1-11-12(2)22-15(18-11)10-19-5-7-20(8-6-19)16(21)13-3-4-14(17)9-13/h13-14H,3-10,17H2,1-2H3. The normalized spacial score (nSPS) is 26.6. The van der Waals surface area contributed by atoms with E-state index in [-0.39, 0.29) is 12.0 Å². The fourth-order valence-corrected chi connectivity index (χ4v) is 3.42. The first-order valence-electron chi connectivity index (χ1n) is 8.22. The molecule has 1 aliphatic carbocycles. The summed E-state index contributed by atoms with van der Waals surface area (Å²) in [7, 11) is 0. The molecule has 2 heterocycles. The van der Waals surface area contributed by atoms with Crippen molar-refractivity contribution < 1.29 is 9.21 Å². The minimum Gasteiger partial charge on any atom is -0.444 e. The van der Waals surface area contributed by atoms with Crippen LogP contribution in [0.4, 0.5) is 0 Å². The van der Waals surface area contributed by atoms with E-state index in [1.165, 1.54) is 0 Å². The first kappa shape index (κ1) is 15.5. The number of hydrogen-bond acceptors (Lipinski definition) is 5. The summed E-state index contributed by atoms with van der Waals surface area (Å²) < 4.78 is 5.64. The fraction of sp³-hybridized carbons (Fsp3) is 0.750. The van der Waals surface area contributed by atoms with Crippen molar-refractivity contribution in [1.29, 1.82) is 0 Å². The van der Waals surface area contributed by atoms with Crippen LogP contribution in [-0.4, -0.2) is 52.9 Å².